The Morgan fingerprint density at radius 2 is 1.81 bits per heavy atom. The fourth-order valence-electron chi connectivity index (χ4n) is 4.97. The van der Waals surface area contributed by atoms with Crippen molar-refractivity contribution in [3.8, 4) is 0 Å². The summed E-state index contributed by atoms with van der Waals surface area (Å²) in [6, 6.07) is 8.24. The van der Waals surface area contributed by atoms with E-state index >= 15 is 0 Å². The third kappa shape index (κ3) is 5.42. The maximum Gasteiger partial charge on any atom is 0.407 e. The number of anilines is 3. The van der Waals surface area contributed by atoms with Crippen LogP contribution in [0, 0.1) is 0 Å². The topological polar surface area (TPSA) is 114 Å². The van der Waals surface area contributed by atoms with Crippen molar-refractivity contribution in [2.24, 2.45) is 0 Å². The zero-order valence-electron chi connectivity index (χ0n) is 21.0. The highest BCUT2D eigenvalue weighted by molar-refractivity contribution is 5.71. The number of amides is 1. The highest BCUT2D eigenvalue weighted by Crippen LogP contribution is 2.30. The Bertz CT molecular complexity index is 1290. The molecule has 1 aliphatic carbocycles. The Morgan fingerprint density at radius 3 is 2.53 bits per heavy atom. The van der Waals surface area contributed by atoms with Gasteiger partial charge in [0.2, 0.25) is 5.95 Å². The van der Waals surface area contributed by atoms with E-state index in [0.717, 1.165) is 56.6 Å². The molecule has 36 heavy (non-hydrogen) atoms. The molecule has 1 unspecified atom stereocenters. The molecule has 1 aromatic carbocycles. The van der Waals surface area contributed by atoms with Crippen LogP contribution in [0.2, 0.25) is 0 Å². The van der Waals surface area contributed by atoms with Crippen molar-refractivity contribution in [1.29, 1.82) is 0 Å². The van der Waals surface area contributed by atoms with Gasteiger partial charge in [0.15, 0.2) is 5.65 Å². The minimum absolute atomic E-state index is 0.0507. The van der Waals surface area contributed by atoms with Gasteiger partial charge in [-0.3, -0.25) is 9.36 Å². The average molecular weight is 492 g/mol. The van der Waals surface area contributed by atoms with Crippen molar-refractivity contribution >= 4 is 34.6 Å². The first-order valence-corrected chi connectivity index (χ1v) is 12.6. The van der Waals surface area contributed by atoms with E-state index < -0.39 is 5.60 Å². The SMILES string of the molecule is CC(C)(C)OC(=O)NC1CCN(c2ccc(Nc3ncc4ncc(=O)n(C5CCCC5)c4n3)cc2)C1. The Morgan fingerprint density at radius 1 is 1.06 bits per heavy atom. The lowest BCUT2D eigenvalue weighted by Gasteiger charge is -2.22. The van der Waals surface area contributed by atoms with E-state index in [2.05, 4.69) is 30.5 Å². The van der Waals surface area contributed by atoms with E-state index in [9.17, 15) is 9.59 Å². The van der Waals surface area contributed by atoms with Crippen molar-refractivity contribution < 1.29 is 9.53 Å². The van der Waals surface area contributed by atoms with Gasteiger partial charge >= 0.3 is 6.09 Å². The Labute approximate surface area is 210 Å². The van der Waals surface area contributed by atoms with Crippen LogP contribution in [0.1, 0.15) is 58.9 Å². The highest BCUT2D eigenvalue weighted by Gasteiger charge is 2.26. The quantitative estimate of drug-likeness (QED) is 0.547. The molecule has 5 rings (SSSR count). The van der Waals surface area contributed by atoms with E-state index in [1.54, 1.807) is 10.8 Å². The van der Waals surface area contributed by atoms with Gasteiger partial charge in [-0.15, -0.1) is 0 Å². The summed E-state index contributed by atoms with van der Waals surface area (Å²) in [4.78, 5) is 40.2. The van der Waals surface area contributed by atoms with Crippen molar-refractivity contribution in [2.75, 3.05) is 23.3 Å². The molecule has 0 bridgehead atoms. The number of fused-ring (bicyclic) bond motifs is 1. The van der Waals surface area contributed by atoms with Crippen molar-refractivity contribution in [3.63, 3.8) is 0 Å². The number of hydrogen-bond acceptors (Lipinski definition) is 8. The molecule has 190 valence electrons. The molecular weight excluding hydrogens is 458 g/mol. The molecule has 1 atom stereocenters. The number of carbonyl (C=O) groups excluding carboxylic acids is 1. The smallest absolute Gasteiger partial charge is 0.407 e. The third-order valence-electron chi connectivity index (χ3n) is 6.62. The summed E-state index contributed by atoms with van der Waals surface area (Å²) < 4.78 is 7.15. The van der Waals surface area contributed by atoms with Crippen molar-refractivity contribution in [2.45, 2.75) is 70.6 Å². The first-order valence-electron chi connectivity index (χ1n) is 12.6. The van der Waals surface area contributed by atoms with E-state index in [-0.39, 0.29) is 23.7 Å². The lowest BCUT2D eigenvalue weighted by molar-refractivity contribution is 0.0509. The van der Waals surface area contributed by atoms with Gasteiger partial charge in [-0.1, -0.05) is 12.8 Å². The van der Waals surface area contributed by atoms with Gasteiger partial charge in [0.25, 0.3) is 5.56 Å². The molecular formula is C26H33N7O3. The van der Waals surface area contributed by atoms with Crippen molar-refractivity contribution in [1.82, 2.24) is 24.8 Å². The zero-order valence-corrected chi connectivity index (χ0v) is 21.0. The fraction of sp³-hybridized carbons (Fsp3) is 0.500. The predicted molar refractivity (Wildman–Crippen MR) is 139 cm³/mol. The Balaban J connectivity index is 1.25. The van der Waals surface area contributed by atoms with Crippen LogP contribution in [0.25, 0.3) is 11.2 Å². The standard InChI is InChI=1S/C26H33N7O3/c1-26(2,3)36-25(35)30-18-12-13-32(16-18)19-10-8-17(9-11-19)29-24-28-14-21-23(31-24)33(22(34)15-27-21)20-6-4-5-7-20/h8-11,14-15,18,20H,4-7,12-13,16H2,1-3H3,(H,30,35)(H,28,29,31). The normalized spacial score (nSPS) is 18.5. The molecule has 2 aliphatic rings. The molecule has 2 N–H and O–H groups in total. The minimum Gasteiger partial charge on any atom is -0.444 e. The van der Waals surface area contributed by atoms with Crippen molar-refractivity contribution in [3.05, 3.63) is 47.0 Å². The summed E-state index contributed by atoms with van der Waals surface area (Å²) in [5.41, 5.74) is 2.49. The maximum atomic E-state index is 12.6. The van der Waals surface area contributed by atoms with Gasteiger partial charge in [-0.25, -0.2) is 14.8 Å². The minimum atomic E-state index is -0.509. The van der Waals surface area contributed by atoms with Crippen LogP contribution in [0.15, 0.2) is 41.5 Å². The van der Waals surface area contributed by atoms with Crippen LogP contribution < -0.4 is 21.1 Å². The van der Waals surface area contributed by atoms with Crippen LogP contribution in [-0.4, -0.2) is 50.3 Å². The molecule has 1 saturated heterocycles. The van der Waals surface area contributed by atoms with Gasteiger partial charge in [0, 0.05) is 30.5 Å². The number of nitrogens with one attached hydrogen (secondary N) is 2. The first kappa shape index (κ1) is 24.0. The number of alkyl carbamates (subject to hydrolysis) is 1. The van der Waals surface area contributed by atoms with E-state index in [4.69, 9.17) is 4.74 Å². The van der Waals surface area contributed by atoms with Gasteiger partial charge in [0.1, 0.15) is 11.1 Å². The number of ether oxygens (including phenoxy) is 1. The largest absolute Gasteiger partial charge is 0.444 e. The fourth-order valence-corrected chi connectivity index (χ4v) is 4.97. The molecule has 10 heteroatoms. The second-order valence-corrected chi connectivity index (χ2v) is 10.6. The summed E-state index contributed by atoms with van der Waals surface area (Å²) >= 11 is 0. The van der Waals surface area contributed by atoms with Crippen LogP contribution in [0.3, 0.4) is 0 Å². The lowest BCUT2D eigenvalue weighted by Crippen LogP contribution is -2.40. The van der Waals surface area contributed by atoms with Gasteiger partial charge in [0.05, 0.1) is 18.4 Å². The summed E-state index contributed by atoms with van der Waals surface area (Å²) in [5.74, 6) is 0.428. The van der Waals surface area contributed by atoms with Crippen LogP contribution in [0.4, 0.5) is 22.1 Å². The molecule has 1 saturated carbocycles. The second kappa shape index (κ2) is 9.75. The van der Waals surface area contributed by atoms with E-state index in [0.29, 0.717) is 17.1 Å². The number of nitrogens with zero attached hydrogens (tertiary/aromatic N) is 5. The van der Waals surface area contributed by atoms with Crippen LogP contribution in [-0.2, 0) is 4.74 Å². The lowest BCUT2D eigenvalue weighted by atomic mass is 10.2. The molecule has 0 spiro atoms. The highest BCUT2D eigenvalue weighted by atomic mass is 16.6. The molecule has 10 nitrogen and oxygen atoms in total. The number of carbonyl (C=O) groups is 1. The molecule has 3 heterocycles. The van der Waals surface area contributed by atoms with Crippen LogP contribution in [0.5, 0.6) is 0 Å². The number of hydrogen-bond donors (Lipinski definition) is 2. The second-order valence-electron chi connectivity index (χ2n) is 10.6. The number of aromatic nitrogens is 4. The molecule has 0 radical (unpaired) electrons. The summed E-state index contributed by atoms with van der Waals surface area (Å²) in [5, 5.41) is 6.21. The van der Waals surface area contributed by atoms with E-state index in [1.807, 2.05) is 45.0 Å². The van der Waals surface area contributed by atoms with E-state index in [1.165, 1.54) is 6.20 Å². The number of rotatable bonds is 5. The first-order chi connectivity index (χ1) is 17.2. The molecule has 1 aliphatic heterocycles. The molecule has 2 fully saturated rings. The van der Waals surface area contributed by atoms with Crippen LogP contribution >= 0.6 is 0 Å². The maximum absolute atomic E-state index is 12.6. The molecule has 1 amide bonds. The number of benzene rings is 1. The van der Waals surface area contributed by atoms with Gasteiger partial charge in [-0.2, -0.15) is 4.98 Å². The Kier molecular flexibility index (Phi) is 6.51. The molecule has 3 aromatic rings. The summed E-state index contributed by atoms with van der Waals surface area (Å²) in [6.45, 7) is 7.16. The summed E-state index contributed by atoms with van der Waals surface area (Å²) in [7, 11) is 0. The zero-order chi connectivity index (χ0) is 25.3. The Hall–Kier alpha value is -3.69. The third-order valence-corrected chi connectivity index (χ3v) is 6.62. The van der Waals surface area contributed by atoms with Gasteiger partial charge in [-0.05, 0) is 64.3 Å². The monoisotopic (exact) mass is 491 g/mol. The predicted octanol–water partition coefficient (Wildman–Crippen LogP) is 4.15. The summed E-state index contributed by atoms with van der Waals surface area (Å²) in [6.07, 6.45) is 7.72. The molecule has 2 aromatic heterocycles. The average Bonchev–Trinajstić information content (AvgIpc) is 3.51. The van der Waals surface area contributed by atoms with Gasteiger partial charge < -0.3 is 20.3 Å².